The number of amides is 2. The number of nitrogens with zero attached hydrogens (tertiary/aromatic N) is 2. The second kappa shape index (κ2) is 5.46. The van der Waals surface area contributed by atoms with E-state index < -0.39 is 17.0 Å². The Hall–Kier alpha value is -1.86. The van der Waals surface area contributed by atoms with E-state index in [-0.39, 0.29) is 24.9 Å². The van der Waals surface area contributed by atoms with Crippen molar-refractivity contribution in [1.82, 2.24) is 4.90 Å². The number of rotatable bonds is 6. The molecule has 2 amide bonds. The van der Waals surface area contributed by atoms with Crippen LogP contribution in [0.3, 0.4) is 0 Å². The van der Waals surface area contributed by atoms with Gasteiger partial charge in [-0.1, -0.05) is 6.92 Å². The molecule has 0 aromatic carbocycles. The predicted octanol–water partition coefficient (Wildman–Crippen LogP) is -0.801. The first-order valence-corrected chi connectivity index (χ1v) is 5.33. The number of nitrogens with two attached hydrogens (primary N) is 1. The van der Waals surface area contributed by atoms with Gasteiger partial charge in [0, 0.05) is 18.9 Å². The molecule has 3 N–H and O–H groups in total. The molecule has 1 rings (SSSR count). The van der Waals surface area contributed by atoms with Crippen LogP contribution < -0.4 is 5.73 Å². The van der Waals surface area contributed by atoms with Crippen molar-refractivity contribution in [3.8, 4) is 0 Å². The molecule has 0 aromatic rings. The summed E-state index contributed by atoms with van der Waals surface area (Å²) < 4.78 is 0. The Bertz CT molecular complexity index is 333. The molecular weight excluding hydrogens is 230 g/mol. The number of hydrogen-bond donors (Lipinski definition) is 2. The van der Waals surface area contributed by atoms with E-state index in [1.165, 1.54) is 4.90 Å². The zero-order valence-electron chi connectivity index (χ0n) is 9.54. The summed E-state index contributed by atoms with van der Waals surface area (Å²) in [6.45, 7) is 1.99. The molecule has 8 heteroatoms. The van der Waals surface area contributed by atoms with Crippen LogP contribution in [0.1, 0.15) is 19.8 Å². The minimum absolute atomic E-state index is 0.0720. The summed E-state index contributed by atoms with van der Waals surface area (Å²) in [4.78, 5) is 38.6. The van der Waals surface area contributed by atoms with Crippen molar-refractivity contribution in [2.45, 2.75) is 25.8 Å². The Morgan fingerprint density at radius 1 is 1.76 bits per heavy atom. The zero-order chi connectivity index (χ0) is 13.0. The summed E-state index contributed by atoms with van der Waals surface area (Å²) in [6, 6.07) is -0.620. The largest absolute Gasteiger partial charge is 0.475 e. The van der Waals surface area contributed by atoms with Gasteiger partial charge in [0.1, 0.15) is 10.9 Å². The third-order valence-corrected chi connectivity index (χ3v) is 2.75. The molecule has 17 heavy (non-hydrogen) atoms. The monoisotopic (exact) mass is 246 g/mol. The van der Waals surface area contributed by atoms with Gasteiger partial charge < -0.3 is 10.6 Å². The molecule has 1 aliphatic heterocycles. The van der Waals surface area contributed by atoms with Gasteiger partial charge in [0.2, 0.25) is 11.8 Å². The average Bonchev–Trinajstić information content (AvgIpc) is 2.58. The molecule has 2 atom stereocenters. The maximum absolute atomic E-state index is 11.6. The van der Waals surface area contributed by atoms with Crippen LogP contribution in [-0.4, -0.2) is 46.2 Å². The van der Waals surface area contributed by atoms with E-state index in [1.807, 2.05) is 0 Å². The number of likely N-dealkylation sites (tertiary alicyclic amines) is 1. The fourth-order valence-corrected chi connectivity index (χ4v) is 1.97. The molecule has 1 fully saturated rings. The Balaban J connectivity index is 2.57. The van der Waals surface area contributed by atoms with Crippen molar-refractivity contribution in [2.24, 2.45) is 11.7 Å². The SMILES string of the molecule is CC[C@@H](C(N)=O)N1CC(CO[N+](=O)O)CC1=O. The van der Waals surface area contributed by atoms with Crippen molar-refractivity contribution >= 4 is 11.8 Å². The maximum atomic E-state index is 11.6. The summed E-state index contributed by atoms with van der Waals surface area (Å²) in [7, 11) is 0. The number of primary amides is 1. The van der Waals surface area contributed by atoms with Crippen LogP contribution in [0.15, 0.2) is 0 Å². The molecule has 1 aliphatic rings. The Morgan fingerprint density at radius 2 is 2.41 bits per heavy atom. The smallest absolute Gasteiger partial charge is 0.368 e. The third-order valence-electron chi connectivity index (χ3n) is 2.75. The molecule has 0 aromatic heterocycles. The van der Waals surface area contributed by atoms with Gasteiger partial charge in [0.15, 0.2) is 6.61 Å². The van der Waals surface area contributed by atoms with E-state index in [2.05, 4.69) is 4.84 Å². The lowest BCUT2D eigenvalue weighted by molar-refractivity contribution is -0.976. The lowest BCUT2D eigenvalue weighted by atomic mass is 10.1. The standard InChI is InChI=1S/C9H15N3O5/c1-2-7(9(10)14)11-4-6(3-8(11)13)5-17-12(15)16/h6-7H,2-5H2,1H3,(H2-,10,14,15,16)/p+1/t6?,7-/m0/s1. The van der Waals surface area contributed by atoms with Gasteiger partial charge >= 0.3 is 5.09 Å². The molecule has 0 radical (unpaired) electrons. The van der Waals surface area contributed by atoms with Gasteiger partial charge in [-0.05, 0) is 6.42 Å². The highest BCUT2D eigenvalue weighted by molar-refractivity contribution is 5.87. The highest BCUT2D eigenvalue weighted by Gasteiger charge is 2.37. The molecular formula is C9H16N3O5+. The fourth-order valence-electron chi connectivity index (χ4n) is 1.97. The molecule has 0 saturated carbocycles. The summed E-state index contributed by atoms with van der Waals surface area (Å²) >= 11 is 0. The van der Waals surface area contributed by atoms with E-state index in [0.29, 0.717) is 13.0 Å². The summed E-state index contributed by atoms with van der Waals surface area (Å²) in [5.74, 6) is -0.964. The van der Waals surface area contributed by atoms with Crippen LogP contribution in [0.5, 0.6) is 0 Å². The lowest BCUT2D eigenvalue weighted by Gasteiger charge is -2.24. The Labute approximate surface area is 97.8 Å². The molecule has 8 nitrogen and oxygen atoms in total. The molecule has 1 saturated heterocycles. The van der Waals surface area contributed by atoms with Crippen molar-refractivity contribution in [2.75, 3.05) is 13.2 Å². The fraction of sp³-hybridized carbons (Fsp3) is 0.778. The van der Waals surface area contributed by atoms with Gasteiger partial charge in [0.25, 0.3) is 0 Å². The average molecular weight is 246 g/mol. The molecule has 96 valence electrons. The zero-order valence-corrected chi connectivity index (χ0v) is 9.54. The number of carbonyl (C=O) groups excluding carboxylic acids is 2. The number of carbonyl (C=O) groups is 2. The van der Waals surface area contributed by atoms with Gasteiger partial charge in [-0.3, -0.25) is 9.59 Å². The first-order valence-electron chi connectivity index (χ1n) is 5.33. The van der Waals surface area contributed by atoms with Crippen LogP contribution in [0.4, 0.5) is 0 Å². The van der Waals surface area contributed by atoms with Crippen LogP contribution in [0.2, 0.25) is 0 Å². The van der Waals surface area contributed by atoms with Gasteiger partial charge in [-0.2, -0.15) is 4.84 Å². The lowest BCUT2D eigenvalue weighted by Crippen LogP contribution is -2.45. The first-order chi connectivity index (χ1) is 7.95. The second-order valence-corrected chi connectivity index (χ2v) is 3.98. The van der Waals surface area contributed by atoms with Crippen LogP contribution in [0, 0.1) is 10.8 Å². The number of hydrogen-bond acceptors (Lipinski definition) is 4. The van der Waals surface area contributed by atoms with Crippen molar-refractivity contribution < 1.29 is 24.7 Å². The van der Waals surface area contributed by atoms with Gasteiger partial charge in [0.05, 0.1) is 0 Å². The van der Waals surface area contributed by atoms with Gasteiger partial charge in [-0.25, -0.2) is 5.21 Å². The summed E-state index contributed by atoms with van der Waals surface area (Å²) in [5.41, 5.74) is 5.19. The van der Waals surface area contributed by atoms with E-state index in [1.54, 1.807) is 6.92 Å². The van der Waals surface area contributed by atoms with Crippen LogP contribution >= 0.6 is 0 Å². The van der Waals surface area contributed by atoms with E-state index >= 15 is 0 Å². The van der Waals surface area contributed by atoms with Crippen LogP contribution in [0.25, 0.3) is 0 Å². The highest BCUT2D eigenvalue weighted by atomic mass is 16.9. The van der Waals surface area contributed by atoms with Crippen molar-refractivity contribution in [3.63, 3.8) is 0 Å². The summed E-state index contributed by atoms with van der Waals surface area (Å²) in [5, 5.41) is 7.63. The minimum Gasteiger partial charge on any atom is -0.368 e. The minimum atomic E-state index is -0.640. The summed E-state index contributed by atoms with van der Waals surface area (Å²) in [6.07, 6.45) is 0.625. The van der Waals surface area contributed by atoms with Crippen LogP contribution in [-0.2, 0) is 14.4 Å². The van der Waals surface area contributed by atoms with E-state index in [4.69, 9.17) is 10.9 Å². The maximum Gasteiger partial charge on any atom is 0.475 e. The molecule has 0 spiro atoms. The van der Waals surface area contributed by atoms with E-state index in [9.17, 15) is 14.5 Å². The van der Waals surface area contributed by atoms with E-state index in [0.717, 1.165) is 0 Å². The second-order valence-electron chi connectivity index (χ2n) is 3.98. The first kappa shape index (κ1) is 13.2. The predicted molar refractivity (Wildman–Crippen MR) is 54.5 cm³/mol. The van der Waals surface area contributed by atoms with Crippen molar-refractivity contribution in [1.29, 1.82) is 0 Å². The van der Waals surface area contributed by atoms with Gasteiger partial charge in [-0.15, -0.1) is 0 Å². The van der Waals surface area contributed by atoms with Crippen molar-refractivity contribution in [3.05, 3.63) is 4.91 Å². The third kappa shape index (κ3) is 3.30. The Morgan fingerprint density at radius 3 is 2.88 bits per heavy atom. The quantitative estimate of drug-likeness (QED) is 0.595. The molecule has 0 bridgehead atoms. The topological polar surface area (TPSA) is 113 Å². The molecule has 1 heterocycles. The normalized spacial score (nSPS) is 21.4. The molecule has 1 unspecified atom stereocenters. The Kier molecular flexibility index (Phi) is 4.24. The highest BCUT2D eigenvalue weighted by Crippen LogP contribution is 2.21. The molecule has 0 aliphatic carbocycles.